The smallest absolute Gasteiger partial charge is 0.316 e. The van der Waals surface area contributed by atoms with Gasteiger partial charge in [0.15, 0.2) is 0 Å². The van der Waals surface area contributed by atoms with E-state index in [0.29, 0.717) is 0 Å². The summed E-state index contributed by atoms with van der Waals surface area (Å²) in [4.78, 5) is 10.7. The summed E-state index contributed by atoms with van der Waals surface area (Å²) >= 11 is 3.04. The van der Waals surface area contributed by atoms with Gasteiger partial charge < -0.3 is 5.11 Å². The molecule has 0 saturated heterocycles. The van der Waals surface area contributed by atoms with Crippen molar-refractivity contribution in [2.45, 2.75) is 16.4 Å². The first-order valence-corrected chi connectivity index (χ1v) is 6.24. The Kier molecular flexibility index (Phi) is 2.98. The van der Waals surface area contributed by atoms with E-state index in [0.717, 1.165) is 4.21 Å². The van der Waals surface area contributed by atoms with Gasteiger partial charge in [-0.1, -0.05) is 18.2 Å². The third-order valence-electron chi connectivity index (χ3n) is 2.04. The number of aliphatic carboxylic acids is 1. The van der Waals surface area contributed by atoms with Crippen LogP contribution in [0, 0.1) is 0 Å². The highest BCUT2D eigenvalue weighted by atomic mass is 32.2. The number of carboxylic acid groups (broad SMARTS) is 1. The minimum Gasteiger partial charge on any atom is -0.480 e. The monoisotopic (exact) mass is 238 g/mol. The maximum absolute atomic E-state index is 10.7. The van der Waals surface area contributed by atoms with E-state index < -0.39 is 11.2 Å². The molecule has 1 heterocycles. The van der Waals surface area contributed by atoms with Crippen LogP contribution < -0.4 is 0 Å². The van der Waals surface area contributed by atoms with Crippen LogP contribution in [-0.4, -0.2) is 16.3 Å². The lowest BCUT2D eigenvalue weighted by Crippen LogP contribution is -2.10. The first kappa shape index (κ1) is 10.5. The summed E-state index contributed by atoms with van der Waals surface area (Å²) in [7, 11) is 0. The number of thiophene rings is 1. The molecule has 0 spiro atoms. The molecule has 15 heavy (non-hydrogen) atoms. The summed E-state index contributed by atoms with van der Waals surface area (Å²) in [5, 5.41) is 9.59. The Bertz CT molecular complexity index is 457. The van der Waals surface area contributed by atoms with E-state index >= 15 is 0 Å². The predicted octanol–water partition coefficient (Wildman–Crippen LogP) is 3.47. The van der Waals surface area contributed by atoms with Gasteiger partial charge in [-0.15, -0.1) is 23.1 Å². The molecule has 1 N–H and O–H groups in total. The van der Waals surface area contributed by atoms with Crippen molar-refractivity contribution in [2.24, 2.45) is 0 Å². The molecule has 2 aromatic rings. The van der Waals surface area contributed by atoms with E-state index in [-0.39, 0.29) is 0 Å². The maximum Gasteiger partial charge on any atom is 0.316 e. The molecule has 4 heteroatoms. The number of fused-ring (bicyclic) bond motifs is 1. The third kappa shape index (κ3) is 2.33. The van der Waals surface area contributed by atoms with Crippen LogP contribution in [0.5, 0.6) is 0 Å². The van der Waals surface area contributed by atoms with Gasteiger partial charge >= 0.3 is 5.97 Å². The molecule has 0 amide bonds. The van der Waals surface area contributed by atoms with Gasteiger partial charge in [-0.3, -0.25) is 4.79 Å². The van der Waals surface area contributed by atoms with Crippen molar-refractivity contribution in [3.63, 3.8) is 0 Å². The Morgan fingerprint density at radius 3 is 2.87 bits per heavy atom. The molecule has 0 aliphatic heterocycles. The second kappa shape index (κ2) is 4.24. The van der Waals surface area contributed by atoms with Crippen molar-refractivity contribution in [1.29, 1.82) is 0 Å². The highest BCUT2D eigenvalue weighted by Gasteiger charge is 2.13. The average molecular weight is 238 g/mol. The summed E-state index contributed by atoms with van der Waals surface area (Å²) in [5.74, 6) is -0.766. The van der Waals surface area contributed by atoms with Gasteiger partial charge in [0, 0.05) is 4.70 Å². The Morgan fingerprint density at radius 1 is 1.47 bits per heavy atom. The minimum absolute atomic E-state index is 0.391. The fourth-order valence-electron chi connectivity index (χ4n) is 1.24. The van der Waals surface area contributed by atoms with Crippen LogP contribution in [0.4, 0.5) is 0 Å². The van der Waals surface area contributed by atoms with Gasteiger partial charge in [0.25, 0.3) is 0 Å². The molecule has 78 valence electrons. The Labute approximate surface area is 95.9 Å². The maximum atomic E-state index is 10.7. The predicted molar refractivity (Wildman–Crippen MR) is 64.8 cm³/mol. The van der Waals surface area contributed by atoms with E-state index in [4.69, 9.17) is 5.11 Å². The summed E-state index contributed by atoms with van der Waals surface area (Å²) < 4.78 is 2.27. The fraction of sp³-hybridized carbons (Fsp3) is 0.182. The molecule has 1 aromatic carbocycles. The number of thioether (sulfide) groups is 1. The van der Waals surface area contributed by atoms with E-state index in [2.05, 4.69) is 6.07 Å². The van der Waals surface area contributed by atoms with Crippen LogP contribution in [0.2, 0.25) is 0 Å². The third-order valence-corrected chi connectivity index (χ3v) is 4.40. The van der Waals surface area contributed by atoms with Crippen molar-refractivity contribution in [1.82, 2.24) is 0 Å². The topological polar surface area (TPSA) is 37.3 Å². The van der Waals surface area contributed by atoms with Crippen LogP contribution in [0.25, 0.3) is 10.1 Å². The van der Waals surface area contributed by atoms with Crippen molar-refractivity contribution >= 4 is 39.2 Å². The molecule has 1 aromatic heterocycles. The first-order valence-electron chi connectivity index (χ1n) is 4.55. The number of carboxylic acids is 1. The van der Waals surface area contributed by atoms with E-state index in [1.807, 2.05) is 24.3 Å². The van der Waals surface area contributed by atoms with E-state index in [1.165, 1.54) is 21.8 Å². The molecular formula is C11H10O2S2. The zero-order valence-corrected chi connectivity index (χ0v) is 9.77. The summed E-state index contributed by atoms with van der Waals surface area (Å²) in [6.07, 6.45) is 0. The molecule has 0 bridgehead atoms. The van der Waals surface area contributed by atoms with E-state index in [9.17, 15) is 4.79 Å². The van der Waals surface area contributed by atoms with Gasteiger partial charge in [0.1, 0.15) is 5.25 Å². The highest BCUT2D eigenvalue weighted by Crippen LogP contribution is 2.34. The van der Waals surface area contributed by atoms with Gasteiger partial charge in [0.2, 0.25) is 0 Å². The number of carbonyl (C=O) groups is 1. The summed E-state index contributed by atoms with van der Waals surface area (Å²) in [5.41, 5.74) is 0. The molecular weight excluding hydrogens is 228 g/mol. The lowest BCUT2D eigenvalue weighted by Gasteiger charge is -2.01. The van der Waals surface area contributed by atoms with Gasteiger partial charge in [-0.25, -0.2) is 0 Å². The Morgan fingerprint density at radius 2 is 2.20 bits per heavy atom. The lowest BCUT2D eigenvalue weighted by atomic mass is 10.3. The second-order valence-corrected chi connectivity index (χ2v) is 5.93. The average Bonchev–Trinajstić information content (AvgIpc) is 2.59. The quantitative estimate of drug-likeness (QED) is 0.832. The van der Waals surface area contributed by atoms with Gasteiger partial charge in [-0.2, -0.15) is 0 Å². The zero-order valence-electron chi connectivity index (χ0n) is 8.14. The molecule has 1 unspecified atom stereocenters. The van der Waals surface area contributed by atoms with E-state index in [1.54, 1.807) is 18.3 Å². The van der Waals surface area contributed by atoms with Crippen molar-refractivity contribution in [2.75, 3.05) is 0 Å². The Hall–Kier alpha value is -1.00. The first-order chi connectivity index (χ1) is 7.16. The molecule has 0 radical (unpaired) electrons. The lowest BCUT2D eigenvalue weighted by molar-refractivity contribution is -0.136. The van der Waals surface area contributed by atoms with Crippen LogP contribution in [-0.2, 0) is 4.79 Å². The SMILES string of the molecule is CC(Sc1cc2ccccc2s1)C(=O)O. The van der Waals surface area contributed by atoms with Crippen LogP contribution in [0.15, 0.2) is 34.5 Å². The van der Waals surface area contributed by atoms with Crippen LogP contribution in [0.1, 0.15) is 6.92 Å². The van der Waals surface area contributed by atoms with Crippen molar-refractivity contribution in [3.8, 4) is 0 Å². The summed E-state index contributed by atoms with van der Waals surface area (Å²) in [6.45, 7) is 1.71. The standard InChI is InChI=1S/C11H10O2S2/c1-7(11(12)13)14-10-6-8-4-2-3-5-9(8)15-10/h2-7H,1H3,(H,12,13). The largest absolute Gasteiger partial charge is 0.480 e. The summed E-state index contributed by atoms with van der Waals surface area (Å²) in [6, 6.07) is 10.1. The van der Waals surface area contributed by atoms with Crippen LogP contribution in [0.3, 0.4) is 0 Å². The number of hydrogen-bond donors (Lipinski definition) is 1. The minimum atomic E-state index is -0.766. The number of hydrogen-bond acceptors (Lipinski definition) is 3. The fourth-order valence-corrected chi connectivity index (χ4v) is 3.57. The molecule has 0 aliphatic rings. The molecule has 2 nitrogen and oxygen atoms in total. The van der Waals surface area contributed by atoms with Gasteiger partial charge in [0.05, 0.1) is 4.21 Å². The molecule has 1 atom stereocenters. The number of rotatable bonds is 3. The van der Waals surface area contributed by atoms with Crippen molar-refractivity contribution in [3.05, 3.63) is 30.3 Å². The second-order valence-electron chi connectivity index (χ2n) is 3.20. The molecule has 0 saturated carbocycles. The Balaban J connectivity index is 2.26. The van der Waals surface area contributed by atoms with Crippen LogP contribution >= 0.6 is 23.1 Å². The zero-order chi connectivity index (χ0) is 10.8. The van der Waals surface area contributed by atoms with Crippen molar-refractivity contribution < 1.29 is 9.90 Å². The molecule has 0 fully saturated rings. The number of benzene rings is 1. The highest BCUT2D eigenvalue weighted by molar-refractivity contribution is 8.02. The molecule has 0 aliphatic carbocycles. The molecule has 2 rings (SSSR count). The van der Waals surface area contributed by atoms with Gasteiger partial charge in [-0.05, 0) is 24.4 Å². The normalized spacial score (nSPS) is 12.9.